The maximum absolute atomic E-state index is 6.44. The van der Waals surface area contributed by atoms with Gasteiger partial charge >= 0.3 is 0 Å². The van der Waals surface area contributed by atoms with E-state index in [0.717, 1.165) is 183 Å². The van der Waals surface area contributed by atoms with Crippen LogP contribution < -0.4 is 14.7 Å². The van der Waals surface area contributed by atoms with E-state index in [1.165, 1.54) is 64.9 Å². The minimum Gasteiger partial charge on any atom is -0.456 e. The monoisotopic (exact) mass is 1880 g/mol. The number of hydrogen-bond donors (Lipinski definition) is 0. The van der Waals surface area contributed by atoms with Crippen molar-refractivity contribution in [2.24, 2.45) is 0 Å². The lowest BCUT2D eigenvalue weighted by Crippen LogP contribution is -2.21. The van der Waals surface area contributed by atoms with Crippen molar-refractivity contribution in [1.29, 1.82) is 0 Å². The predicted molar refractivity (Wildman–Crippen MR) is 592 cm³/mol. The van der Waals surface area contributed by atoms with E-state index in [4.69, 9.17) is 59.2 Å². The highest BCUT2D eigenvalue weighted by atomic mass is 16.3. The molecule has 0 spiro atoms. The van der Waals surface area contributed by atoms with Crippen LogP contribution in [0.2, 0.25) is 0 Å². The fourth-order valence-electron chi connectivity index (χ4n) is 23.8. The Bertz CT molecular complexity index is 10800. The van der Waals surface area contributed by atoms with E-state index in [0.29, 0.717) is 52.8 Å². The number of para-hydroxylation sites is 7. The molecule has 682 valence electrons. The minimum absolute atomic E-state index is 0.559. The van der Waals surface area contributed by atoms with Gasteiger partial charge in [-0.25, -0.2) is 24.9 Å². The van der Waals surface area contributed by atoms with Gasteiger partial charge in [-0.15, -0.1) is 0 Å². The lowest BCUT2D eigenvalue weighted by atomic mass is 10.0. The van der Waals surface area contributed by atoms with Crippen molar-refractivity contribution in [3.63, 3.8) is 0 Å². The summed E-state index contributed by atoms with van der Waals surface area (Å²) in [7, 11) is 0. The van der Waals surface area contributed by atoms with Crippen LogP contribution in [-0.2, 0) is 0 Å². The van der Waals surface area contributed by atoms with Crippen LogP contribution in [0.1, 0.15) is 0 Å². The standard InChI is InChI=1S/C44H25N7.C44H27N7.C39H21N5O/c1-3-12-26(13-4-1)42-46-43(27-14-5-2-6-15-27)48-44(47-42)50-34-20-10-17-29-28-16-9-19-32-37(28)38-33(49(32)36-22-7-8-25-45-36)24-23-31-30-18-11-21-35(50)40(30)51(39(29)34)41(31)38;1-3-14-28(15-4-1)42-46-43(29-16-5-2-6-17-29)48-44(47-42)51-33-21-8-7-20-32(33)50-36-24-13-23-35-40(36)39-30(31-19-12-25-37(51)41(31)50)18-11-22-34(39)49(35)38-26-9-10-27-45-38;1-3-10-22(11-4-1)37-40-38(23-12-5-2-6-13-23)42-39(41-37)43-28-17-7-15-25-24-14-9-19-30-32(24)33-31(45-30)21-20-27-26-16-8-18-29(43)35(26)44(34(25)28)36(27)33/h1-25H;1-27H;1-21H. The average molecular weight is 1880 g/mol. The SMILES string of the molecule is c1ccc(-c2nc(-c3ccccc3)nc(N3c4cccc5c6cccc7c6c6c(ccc8c9cccc3c9n(c45)c86)n7-c3ccccn3)n2)cc1.c1ccc(-c2nc(-c3ccccc3)nc(N3c4cccc5c6cccc7oc8ccc9c%10cccc3c%10n(c45)c9c8c76)n2)cc1.c1ccc(-c2nc(-c3ccccc3)nc(N3c4ccccc4-n4c5cccc6c5c5c(cccc5n6-c5ccccn5)c5cccc3c54)n2)cc1. The van der Waals surface area contributed by atoms with Crippen LogP contribution in [-0.4, -0.2) is 77.3 Å². The molecule has 0 saturated heterocycles. The Morgan fingerprint density at radius 1 is 0.163 bits per heavy atom. The second-order valence-electron chi connectivity index (χ2n) is 37.5. The van der Waals surface area contributed by atoms with E-state index in [1.807, 2.05) is 188 Å². The fourth-order valence-corrected chi connectivity index (χ4v) is 23.8. The third kappa shape index (κ3) is 11.6. The molecule has 3 aliphatic rings. The van der Waals surface area contributed by atoms with E-state index >= 15 is 0 Å². The minimum atomic E-state index is 0.559. The number of fused-ring (bicyclic) bond motifs is 8. The Labute approximate surface area is 835 Å². The Morgan fingerprint density at radius 3 is 0.850 bits per heavy atom. The first kappa shape index (κ1) is 80.3. The predicted octanol–water partition coefficient (Wildman–Crippen LogP) is 31.2. The van der Waals surface area contributed by atoms with Crippen molar-refractivity contribution < 1.29 is 4.42 Å². The molecule has 3 aliphatic heterocycles. The first-order valence-corrected chi connectivity index (χ1v) is 49.1. The van der Waals surface area contributed by atoms with E-state index in [-0.39, 0.29) is 0 Å². The number of pyridine rings is 2. The quantitative estimate of drug-likeness (QED) is 0.119. The van der Waals surface area contributed by atoms with Crippen molar-refractivity contribution in [2.75, 3.05) is 14.7 Å². The summed E-state index contributed by atoms with van der Waals surface area (Å²) in [6.45, 7) is 0. The van der Waals surface area contributed by atoms with Crippen molar-refractivity contribution in [2.45, 2.75) is 0 Å². The number of aromatic nitrogens is 16. The largest absolute Gasteiger partial charge is 0.456 e. The van der Waals surface area contributed by atoms with Gasteiger partial charge in [-0.1, -0.05) is 315 Å². The number of rotatable bonds is 11. The molecule has 0 radical (unpaired) electrons. The molecule has 0 aliphatic carbocycles. The Balaban J connectivity index is 0.0000000982. The van der Waals surface area contributed by atoms with Gasteiger partial charge in [0.2, 0.25) is 17.8 Å². The van der Waals surface area contributed by atoms with Crippen LogP contribution in [0.4, 0.5) is 52.0 Å². The summed E-state index contributed by atoms with van der Waals surface area (Å²) in [6.07, 6.45) is 3.73. The summed E-state index contributed by atoms with van der Waals surface area (Å²) in [6, 6.07) is 150. The van der Waals surface area contributed by atoms with Crippen LogP contribution in [0.25, 0.3) is 249 Å². The maximum atomic E-state index is 6.44. The van der Waals surface area contributed by atoms with Gasteiger partial charge < -0.3 is 17.8 Å². The highest BCUT2D eigenvalue weighted by Gasteiger charge is 2.38. The van der Waals surface area contributed by atoms with Gasteiger partial charge in [-0.2, -0.15) is 29.9 Å². The zero-order chi connectivity index (χ0) is 95.9. The summed E-state index contributed by atoms with van der Waals surface area (Å²) < 4.78 is 18.4. The molecule has 0 fully saturated rings. The summed E-state index contributed by atoms with van der Waals surface area (Å²) in [5, 5.41) is 18.9. The molecule has 34 rings (SSSR count). The molecule has 147 heavy (non-hydrogen) atoms. The Morgan fingerprint density at radius 2 is 0.442 bits per heavy atom. The van der Waals surface area contributed by atoms with Gasteiger partial charge in [-0.05, 0) is 131 Å². The Kier molecular flexibility index (Phi) is 16.9. The summed E-state index contributed by atoms with van der Waals surface area (Å²) in [5.41, 5.74) is 28.1. The van der Waals surface area contributed by atoms with Crippen molar-refractivity contribution in [3.8, 4) is 85.7 Å². The number of furan rings is 1. The van der Waals surface area contributed by atoms with Crippen LogP contribution >= 0.6 is 0 Å². The van der Waals surface area contributed by atoms with Crippen LogP contribution in [0.15, 0.2) is 448 Å². The molecule has 20 nitrogen and oxygen atoms in total. The molecule has 20 heteroatoms. The molecule has 16 heterocycles. The summed E-state index contributed by atoms with van der Waals surface area (Å²) in [4.78, 5) is 62.4. The van der Waals surface area contributed by atoms with Crippen LogP contribution in [0, 0.1) is 0 Å². The van der Waals surface area contributed by atoms with E-state index in [2.05, 4.69) is 292 Å². The maximum Gasteiger partial charge on any atom is 0.238 e. The first-order valence-electron chi connectivity index (χ1n) is 49.1. The third-order valence-electron chi connectivity index (χ3n) is 29.7. The van der Waals surface area contributed by atoms with Crippen molar-refractivity contribution in [1.82, 2.24) is 77.3 Å². The molecule has 0 saturated carbocycles. The van der Waals surface area contributed by atoms with E-state index in [9.17, 15) is 0 Å². The van der Waals surface area contributed by atoms with E-state index < -0.39 is 0 Å². The summed E-state index contributed by atoms with van der Waals surface area (Å²) >= 11 is 0. The fraction of sp³-hybridized carbons (Fsp3) is 0. The molecule has 0 atom stereocenters. The molecular formula is C127H73N19O. The van der Waals surface area contributed by atoms with Gasteiger partial charge in [0.05, 0.1) is 111 Å². The zero-order valence-corrected chi connectivity index (χ0v) is 78.1. The number of anilines is 9. The second kappa shape index (κ2) is 31.0. The van der Waals surface area contributed by atoms with Crippen LogP contribution in [0.3, 0.4) is 0 Å². The molecule has 0 amide bonds. The molecule has 0 bridgehead atoms. The topological polar surface area (TPSA) is 188 Å². The third-order valence-corrected chi connectivity index (χ3v) is 29.7. The van der Waals surface area contributed by atoms with Crippen molar-refractivity contribution in [3.05, 3.63) is 443 Å². The molecule has 0 unspecified atom stereocenters. The Hall–Kier alpha value is -20.5. The van der Waals surface area contributed by atoms with Gasteiger partial charge in [0, 0.05) is 110 Å². The van der Waals surface area contributed by atoms with Gasteiger partial charge in [0.1, 0.15) is 22.8 Å². The second-order valence-corrected chi connectivity index (χ2v) is 37.5. The summed E-state index contributed by atoms with van der Waals surface area (Å²) in [5.74, 6) is 7.28. The van der Waals surface area contributed by atoms with Gasteiger partial charge in [0.25, 0.3) is 0 Å². The number of nitrogens with zero attached hydrogens (tertiary/aromatic N) is 19. The lowest BCUT2D eigenvalue weighted by Gasteiger charge is -2.32. The van der Waals surface area contributed by atoms with Gasteiger partial charge in [0.15, 0.2) is 34.9 Å². The average Bonchev–Trinajstić information content (AvgIpc) is 1.51. The zero-order valence-electron chi connectivity index (χ0n) is 78.1. The van der Waals surface area contributed by atoms with Gasteiger partial charge in [-0.3, -0.25) is 23.8 Å². The molecular weight excluding hydrogens is 1810 g/mol. The first-order chi connectivity index (χ1) is 73.0. The number of hydrogen-bond acceptors (Lipinski definition) is 15. The van der Waals surface area contributed by atoms with E-state index in [1.54, 1.807) is 0 Å². The molecule has 0 N–H and O–H groups in total. The van der Waals surface area contributed by atoms with Crippen molar-refractivity contribution >= 4 is 216 Å². The highest BCUT2D eigenvalue weighted by Crippen LogP contribution is 2.58. The highest BCUT2D eigenvalue weighted by molar-refractivity contribution is 6.38. The van der Waals surface area contributed by atoms with Crippen LogP contribution in [0.5, 0.6) is 0 Å². The smallest absolute Gasteiger partial charge is 0.238 e. The molecule has 13 aromatic heterocycles. The lowest BCUT2D eigenvalue weighted by molar-refractivity contribution is 0.669. The normalized spacial score (nSPS) is 12.6. The number of benzene rings is 18. The molecule has 18 aromatic carbocycles. The molecule has 31 aromatic rings.